The van der Waals surface area contributed by atoms with E-state index in [2.05, 4.69) is 26.9 Å². The van der Waals surface area contributed by atoms with Crippen molar-refractivity contribution in [2.75, 3.05) is 22.9 Å². The molecule has 2 heterocycles. The van der Waals surface area contributed by atoms with Crippen molar-refractivity contribution in [1.82, 2.24) is 0 Å². The van der Waals surface area contributed by atoms with Crippen molar-refractivity contribution in [3.63, 3.8) is 0 Å². The molecule has 1 saturated heterocycles. The predicted octanol–water partition coefficient (Wildman–Crippen LogP) is 4.17. The van der Waals surface area contributed by atoms with E-state index in [1.807, 2.05) is 32.9 Å². The lowest BCUT2D eigenvalue weighted by Gasteiger charge is -2.40. The number of amides is 1. The largest absolute Gasteiger partial charge is 0.443 e. The third kappa shape index (κ3) is 2.89. The monoisotopic (exact) mass is 352 g/mol. The van der Waals surface area contributed by atoms with E-state index in [4.69, 9.17) is 4.74 Å². The molecule has 1 atom stereocenters. The van der Waals surface area contributed by atoms with Gasteiger partial charge in [-0.25, -0.2) is 4.79 Å². The summed E-state index contributed by atoms with van der Waals surface area (Å²) in [6.45, 7) is 7.48. The van der Waals surface area contributed by atoms with E-state index in [0.717, 1.165) is 28.8 Å². The number of rotatable bonds is 0. The number of benzene rings is 1. The second-order valence-electron chi connectivity index (χ2n) is 6.71. The van der Waals surface area contributed by atoms with E-state index < -0.39 is 5.60 Å². The van der Waals surface area contributed by atoms with Crippen LogP contribution in [0.15, 0.2) is 22.7 Å². The highest BCUT2D eigenvalue weighted by molar-refractivity contribution is 9.10. The molecule has 2 aliphatic rings. The average molecular weight is 353 g/mol. The van der Waals surface area contributed by atoms with Crippen molar-refractivity contribution < 1.29 is 9.53 Å². The van der Waals surface area contributed by atoms with E-state index in [1.165, 1.54) is 6.42 Å². The highest BCUT2D eigenvalue weighted by atomic mass is 79.9. The first-order valence-electron chi connectivity index (χ1n) is 7.42. The molecule has 1 aromatic rings. The molecule has 0 bridgehead atoms. The molecular formula is C16H21BrN2O2. The Morgan fingerprint density at radius 2 is 2.10 bits per heavy atom. The van der Waals surface area contributed by atoms with Gasteiger partial charge in [-0.15, -0.1) is 0 Å². The van der Waals surface area contributed by atoms with Gasteiger partial charge in [0.25, 0.3) is 0 Å². The molecule has 4 nitrogen and oxygen atoms in total. The molecule has 21 heavy (non-hydrogen) atoms. The highest BCUT2D eigenvalue weighted by Crippen LogP contribution is 2.41. The summed E-state index contributed by atoms with van der Waals surface area (Å²) in [4.78, 5) is 16.7. The number of hydrogen-bond acceptors (Lipinski definition) is 3. The summed E-state index contributed by atoms with van der Waals surface area (Å²) < 4.78 is 6.61. The molecule has 3 rings (SSSR count). The van der Waals surface area contributed by atoms with Crippen LogP contribution in [-0.4, -0.2) is 30.8 Å². The predicted molar refractivity (Wildman–Crippen MR) is 88.1 cm³/mol. The zero-order valence-corrected chi connectivity index (χ0v) is 14.3. The molecule has 0 aliphatic carbocycles. The molecule has 0 N–H and O–H groups in total. The number of anilines is 2. The molecule has 1 aromatic carbocycles. The topological polar surface area (TPSA) is 32.8 Å². The van der Waals surface area contributed by atoms with Crippen LogP contribution in [0.3, 0.4) is 0 Å². The van der Waals surface area contributed by atoms with Crippen molar-refractivity contribution in [2.24, 2.45) is 0 Å². The van der Waals surface area contributed by atoms with Crippen LogP contribution in [0, 0.1) is 0 Å². The maximum atomic E-state index is 12.5. The standard InChI is InChI=1S/C16H21BrN2O2/c1-16(2,3)21-15(20)19-10-12-5-4-8-18(12)14-9-11(17)6-7-13(14)19/h6-7,9,12H,4-5,8,10H2,1-3H3/t12-/m0/s1. The van der Waals surface area contributed by atoms with E-state index in [0.29, 0.717) is 12.6 Å². The van der Waals surface area contributed by atoms with E-state index in [1.54, 1.807) is 4.90 Å². The molecule has 0 saturated carbocycles. The van der Waals surface area contributed by atoms with Crippen molar-refractivity contribution in [1.29, 1.82) is 0 Å². The van der Waals surface area contributed by atoms with Gasteiger partial charge in [-0.05, 0) is 51.8 Å². The fraction of sp³-hybridized carbons (Fsp3) is 0.562. The van der Waals surface area contributed by atoms with Crippen LogP contribution in [0.2, 0.25) is 0 Å². The van der Waals surface area contributed by atoms with Crippen molar-refractivity contribution >= 4 is 33.4 Å². The Hall–Kier alpha value is -1.23. The maximum Gasteiger partial charge on any atom is 0.414 e. The fourth-order valence-corrected chi connectivity index (χ4v) is 3.45. The number of carbonyl (C=O) groups excluding carboxylic acids is 1. The first-order valence-corrected chi connectivity index (χ1v) is 8.21. The Morgan fingerprint density at radius 3 is 2.81 bits per heavy atom. The van der Waals surface area contributed by atoms with Crippen molar-refractivity contribution in [3.8, 4) is 0 Å². The summed E-state index contributed by atoms with van der Waals surface area (Å²) >= 11 is 3.53. The zero-order valence-electron chi connectivity index (χ0n) is 12.7. The Morgan fingerprint density at radius 1 is 1.33 bits per heavy atom. The average Bonchev–Trinajstić information content (AvgIpc) is 2.83. The summed E-state index contributed by atoms with van der Waals surface area (Å²) in [5.74, 6) is 0. The van der Waals surface area contributed by atoms with Gasteiger partial charge in [0.2, 0.25) is 0 Å². The van der Waals surface area contributed by atoms with Gasteiger partial charge < -0.3 is 9.64 Å². The highest BCUT2D eigenvalue weighted by Gasteiger charge is 2.37. The molecule has 5 heteroatoms. The second kappa shape index (κ2) is 5.20. The Labute approximate surface area is 134 Å². The number of ether oxygens (including phenoxy) is 1. The minimum atomic E-state index is -0.473. The minimum Gasteiger partial charge on any atom is -0.443 e. The fourth-order valence-electron chi connectivity index (χ4n) is 3.10. The van der Waals surface area contributed by atoms with E-state index in [9.17, 15) is 4.79 Å². The minimum absolute atomic E-state index is 0.252. The van der Waals surface area contributed by atoms with Gasteiger partial charge in [0, 0.05) is 23.6 Å². The molecule has 1 amide bonds. The Bertz CT molecular complexity index is 568. The molecule has 114 valence electrons. The maximum absolute atomic E-state index is 12.5. The van der Waals surface area contributed by atoms with Gasteiger partial charge in [-0.1, -0.05) is 15.9 Å². The van der Waals surface area contributed by atoms with Crippen LogP contribution >= 0.6 is 15.9 Å². The second-order valence-corrected chi connectivity index (χ2v) is 7.63. The van der Waals surface area contributed by atoms with Crippen LogP contribution in [0.4, 0.5) is 16.2 Å². The van der Waals surface area contributed by atoms with Crippen LogP contribution in [-0.2, 0) is 4.74 Å². The lowest BCUT2D eigenvalue weighted by atomic mass is 10.1. The number of hydrogen-bond donors (Lipinski definition) is 0. The van der Waals surface area contributed by atoms with Crippen LogP contribution in [0.25, 0.3) is 0 Å². The van der Waals surface area contributed by atoms with Crippen molar-refractivity contribution in [2.45, 2.75) is 45.3 Å². The summed E-state index contributed by atoms with van der Waals surface area (Å²) in [5.41, 5.74) is 1.61. The summed E-state index contributed by atoms with van der Waals surface area (Å²) in [5, 5.41) is 0. The quantitative estimate of drug-likeness (QED) is 0.702. The van der Waals surface area contributed by atoms with Gasteiger partial charge in [-0.3, -0.25) is 4.90 Å². The van der Waals surface area contributed by atoms with Gasteiger partial charge in [0.15, 0.2) is 0 Å². The van der Waals surface area contributed by atoms with Crippen LogP contribution in [0.1, 0.15) is 33.6 Å². The van der Waals surface area contributed by atoms with Crippen LogP contribution < -0.4 is 9.80 Å². The number of fused-ring (bicyclic) bond motifs is 3. The first kappa shape index (κ1) is 14.7. The van der Waals surface area contributed by atoms with Crippen LogP contribution in [0.5, 0.6) is 0 Å². The number of carbonyl (C=O) groups is 1. The third-order valence-corrected chi connectivity index (χ3v) is 4.42. The molecular weight excluding hydrogens is 332 g/mol. The molecule has 0 radical (unpaired) electrons. The summed E-state index contributed by atoms with van der Waals surface area (Å²) in [6.07, 6.45) is 2.06. The van der Waals surface area contributed by atoms with Gasteiger partial charge in [0.05, 0.1) is 11.4 Å². The van der Waals surface area contributed by atoms with Crippen molar-refractivity contribution in [3.05, 3.63) is 22.7 Å². The zero-order chi connectivity index (χ0) is 15.2. The molecule has 1 fully saturated rings. The number of halogens is 1. The molecule has 0 spiro atoms. The first-order chi connectivity index (χ1) is 9.85. The number of nitrogens with zero attached hydrogens (tertiary/aromatic N) is 2. The van der Waals surface area contributed by atoms with E-state index >= 15 is 0 Å². The lowest BCUT2D eigenvalue weighted by molar-refractivity contribution is 0.0576. The summed E-state index contributed by atoms with van der Waals surface area (Å²) in [7, 11) is 0. The Kier molecular flexibility index (Phi) is 3.64. The normalized spacial score (nSPS) is 21.0. The van der Waals surface area contributed by atoms with Gasteiger partial charge in [-0.2, -0.15) is 0 Å². The van der Waals surface area contributed by atoms with Gasteiger partial charge >= 0.3 is 6.09 Å². The molecule has 2 aliphatic heterocycles. The van der Waals surface area contributed by atoms with E-state index in [-0.39, 0.29) is 6.09 Å². The summed E-state index contributed by atoms with van der Waals surface area (Å²) in [6, 6.07) is 6.48. The SMILES string of the molecule is CC(C)(C)OC(=O)N1C[C@@H]2CCCN2c2cc(Br)ccc21. The Balaban J connectivity index is 1.96. The lowest BCUT2D eigenvalue weighted by Crippen LogP contribution is -2.49. The van der Waals surface area contributed by atoms with Gasteiger partial charge in [0.1, 0.15) is 5.60 Å². The molecule has 0 unspecified atom stereocenters. The third-order valence-electron chi connectivity index (χ3n) is 3.92. The smallest absolute Gasteiger partial charge is 0.414 e. The molecule has 0 aromatic heterocycles.